The highest BCUT2D eigenvalue weighted by Crippen LogP contribution is 2.29. The van der Waals surface area contributed by atoms with E-state index in [0.29, 0.717) is 37.3 Å². The Labute approximate surface area is 147 Å². The maximum Gasteiger partial charge on any atom is 0.161 e. The lowest BCUT2D eigenvalue weighted by Gasteiger charge is -2.26. The van der Waals surface area contributed by atoms with E-state index in [1.54, 1.807) is 24.3 Å². The first-order valence-electron chi connectivity index (χ1n) is 8.21. The fourth-order valence-corrected chi connectivity index (χ4v) is 2.57. The Bertz CT molecular complexity index is 657. The van der Waals surface area contributed by atoms with E-state index in [9.17, 15) is 20.4 Å². The summed E-state index contributed by atoms with van der Waals surface area (Å²) in [7, 11) is 0. The van der Waals surface area contributed by atoms with Crippen LogP contribution >= 0.6 is 0 Å². The van der Waals surface area contributed by atoms with Crippen LogP contribution in [-0.4, -0.2) is 33.5 Å². The number of phenols is 4. The highest BCUT2D eigenvalue weighted by atomic mass is 16.3. The first kappa shape index (κ1) is 18.9. The zero-order valence-corrected chi connectivity index (χ0v) is 14.6. The molecule has 0 amide bonds. The van der Waals surface area contributed by atoms with Crippen LogP contribution in [0.1, 0.15) is 25.0 Å². The van der Waals surface area contributed by atoms with Gasteiger partial charge in [-0.15, -0.1) is 0 Å². The predicted octanol–water partition coefficient (Wildman–Crippen LogP) is 2.41. The Kier molecular flexibility index (Phi) is 6.12. The predicted molar refractivity (Wildman–Crippen MR) is 96.7 cm³/mol. The van der Waals surface area contributed by atoms with Gasteiger partial charge in [0.25, 0.3) is 0 Å². The van der Waals surface area contributed by atoms with Crippen LogP contribution < -0.4 is 10.6 Å². The molecule has 6 nitrogen and oxygen atoms in total. The van der Waals surface area contributed by atoms with Crippen LogP contribution in [0.25, 0.3) is 0 Å². The van der Waals surface area contributed by atoms with Crippen molar-refractivity contribution < 1.29 is 20.4 Å². The van der Waals surface area contributed by atoms with Crippen LogP contribution in [0.2, 0.25) is 0 Å². The molecule has 0 saturated carbocycles. The molecule has 0 heterocycles. The van der Waals surface area contributed by atoms with Gasteiger partial charge in [0.2, 0.25) is 0 Å². The SMILES string of the molecule is CC(C)(CNCc1cccc(O)c1O)CNCc1cccc(O)c1O. The summed E-state index contributed by atoms with van der Waals surface area (Å²) in [6.45, 7) is 6.49. The molecule has 25 heavy (non-hydrogen) atoms. The third kappa shape index (κ3) is 5.27. The van der Waals surface area contributed by atoms with Gasteiger partial charge in [-0.25, -0.2) is 0 Å². The number of para-hydroxylation sites is 2. The number of benzene rings is 2. The average molecular weight is 346 g/mol. The summed E-state index contributed by atoms with van der Waals surface area (Å²) in [6.07, 6.45) is 0. The fraction of sp³-hybridized carbons (Fsp3) is 0.368. The average Bonchev–Trinajstić information content (AvgIpc) is 2.55. The largest absolute Gasteiger partial charge is 0.504 e. The number of aromatic hydroxyl groups is 4. The Balaban J connectivity index is 1.79. The monoisotopic (exact) mass is 346 g/mol. The number of rotatable bonds is 8. The highest BCUT2D eigenvalue weighted by Gasteiger charge is 2.18. The normalized spacial score (nSPS) is 11.6. The summed E-state index contributed by atoms with van der Waals surface area (Å²) >= 11 is 0. The molecule has 0 aliphatic carbocycles. The summed E-state index contributed by atoms with van der Waals surface area (Å²) in [5.74, 6) is -0.423. The van der Waals surface area contributed by atoms with Crippen molar-refractivity contribution in [1.29, 1.82) is 0 Å². The lowest BCUT2D eigenvalue weighted by molar-refractivity contribution is 0.316. The molecular weight excluding hydrogens is 320 g/mol. The molecule has 0 unspecified atom stereocenters. The van der Waals surface area contributed by atoms with Gasteiger partial charge in [-0.05, 0) is 17.5 Å². The van der Waals surface area contributed by atoms with Gasteiger partial charge in [-0.2, -0.15) is 0 Å². The molecule has 2 rings (SSSR count). The third-order valence-corrected chi connectivity index (χ3v) is 4.03. The molecule has 6 N–H and O–H groups in total. The quantitative estimate of drug-likeness (QED) is 0.410. The molecule has 0 aromatic heterocycles. The molecule has 0 aliphatic heterocycles. The molecule has 0 bridgehead atoms. The van der Waals surface area contributed by atoms with Gasteiger partial charge in [0, 0.05) is 37.3 Å². The van der Waals surface area contributed by atoms with Crippen molar-refractivity contribution in [3.63, 3.8) is 0 Å². The van der Waals surface area contributed by atoms with E-state index in [-0.39, 0.29) is 28.4 Å². The van der Waals surface area contributed by atoms with E-state index in [1.165, 1.54) is 12.1 Å². The first-order chi connectivity index (χ1) is 11.8. The zero-order valence-electron chi connectivity index (χ0n) is 14.6. The molecule has 0 aliphatic rings. The molecular formula is C19H26N2O4. The standard InChI is InChI=1S/C19H26N2O4/c1-19(2,11-20-9-13-5-3-7-15(22)17(13)24)12-21-10-14-6-4-8-16(23)18(14)25/h3-8,20-25H,9-12H2,1-2H3. The Morgan fingerprint density at radius 2 is 1.12 bits per heavy atom. The van der Waals surface area contributed by atoms with E-state index < -0.39 is 0 Å². The van der Waals surface area contributed by atoms with Crippen molar-refractivity contribution in [3.05, 3.63) is 47.5 Å². The topological polar surface area (TPSA) is 105 Å². The molecule has 0 fully saturated rings. The third-order valence-electron chi connectivity index (χ3n) is 4.03. The molecule has 0 saturated heterocycles. The molecule has 136 valence electrons. The maximum absolute atomic E-state index is 9.80. The summed E-state index contributed by atoms with van der Waals surface area (Å²) in [5, 5.41) is 45.1. The minimum absolute atomic E-state index is 0.0705. The van der Waals surface area contributed by atoms with Crippen molar-refractivity contribution >= 4 is 0 Å². The number of nitrogens with one attached hydrogen (secondary N) is 2. The van der Waals surface area contributed by atoms with Crippen LogP contribution in [0.4, 0.5) is 0 Å². The van der Waals surface area contributed by atoms with Gasteiger partial charge in [-0.1, -0.05) is 38.1 Å². The fourth-order valence-electron chi connectivity index (χ4n) is 2.57. The van der Waals surface area contributed by atoms with Gasteiger partial charge in [0.15, 0.2) is 23.0 Å². The first-order valence-corrected chi connectivity index (χ1v) is 8.21. The minimum Gasteiger partial charge on any atom is -0.504 e. The molecule has 0 spiro atoms. The summed E-state index contributed by atoms with van der Waals surface area (Å²) in [6, 6.07) is 9.81. The zero-order chi connectivity index (χ0) is 18.4. The van der Waals surface area contributed by atoms with Crippen molar-refractivity contribution in [1.82, 2.24) is 10.6 Å². The van der Waals surface area contributed by atoms with Gasteiger partial charge in [0.1, 0.15) is 0 Å². The van der Waals surface area contributed by atoms with E-state index in [0.717, 1.165) is 0 Å². The van der Waals surface area contributed by atoms with Gasteiger partial charge < -0.3 is 31.1 Å². The van der Waals surface area contributed by atoms with Crippen molar-refractivity contribution in [2.75, 3.05) is 13.1 Å². The molecule has 6 heteroatoms. The molecule has 2 aromatic carbocycles. The second-order valence-corrected chi connectivity index (χ2v) is 6.94. The van der Waals surface area contributed by atoms with E-state index in [2.05, 4.69) is 24.5 Å². The summed E-state index contributed by atoms with van der Waals surface area (Å²) < 4.78 is 0. The number of phenolic OH excluding ortho intramolecular Hbond substituents is 4. The molecule has 0 radical (unpaired) electrons. The Hall–Kier alpha value is -2.44. The van der Waals surface area contributed by atoms with Crippen LogP contribution in [0, 0.1) is 5.41 Å². The second kappa shape index (κ2) is 8.09. The van der Waals surface area contributed by atoms with Crippen molar-refractivity contribution in [2.45, 2.75) is 26.9 Å². The highest BCUT2D eigenvalue weighted by molar-refractivity contribution is 5.44. The van der Waals surface area contributed by atoms with Crippen LogP contribution in [-0.2, 0) is 13.1 Å². The van der Waals surface area contributed by atoms with E-state index in [1.807, 2.05) is 0 Å². The lowest BCUT2D eigenvalue weighted by Crippen LogP contribution is -2.37. The Morgan fingerprint density at radius 1 is 0.720 bits per heavy atom. The molecule has 0 atom stereocenters. The number of hydrogen-bond acceptors (Lipinski definition) is 6. The van der Waals surface area contributed by atoms with Crippen LogP contribution in [0.15, 0.2) is 36.4 Å². The Morgan fingerprint density at radius 3 is 1.52 bits per heavy atom. The van der Waals surface area contributed by atoms with Crippen LogP contribution in [0.5, 0.6) is 23.0 Å². The van der Waals surface area contributed by atoms with Crippen molar-refractivity contribution in [2.24, 2.45) is 5.41 Å². The van der Waals surface area contributed by atoms with Gasteiger partial charge in [-0.3, -0.25) is 0 Å². The van der Waals surface area contributed by atoms with Gasteiger partial charge >= 0.3 is 0 Å². The van der Waals surface area contributed by atoms with E-state index in [4.69, 9.17) is 0 Å². The minimum atomic E-state index is -0.119. The summed E-state index contributed by atoms with van der Waals surface area (Å²) in [4.78, 5) is 0. The van der Waals surface area contributed by atoms with Crippen LogP contribution in [0.3, 0.4) is 0 Å². The molecule has 2 aromatic rings. The van der Waals surface area contributed by atoms with E-state index >= 15 is 0 Å². The second-order valence-electron chi connectivity index (χ2n) is 6.94. The smallest absolute Gasteiger partial charge is 0.161 e. The number of hydrogen-bond donors (Lipinski definition) is 6. The van der Waals surface area contributed by atoms with Gasteiger partial charge in [0.05, 0.1) is 0 Å². The summed E-state index contributed by atoms with van der Waals surface area (Å²) in [5.41, 5.74) is 1.22. The lowest BCUT2D eigenvalue weighted by atomic mass is 9.93. The maximum atomic E-state index is 9.80. The van der Waals surface area contributed by atoms with Crippen molar-refractivity contribution in [3.8, 4) is 23.0 Å².